The maximum atomic E-state index is 13.7. The van der Waals surface area contributed by atoms with Gasteiger partial charge in [0, 0.05) is 26.7 Å². The first-order chi connectivity index (χ1) is 16.0. The molecule has 0 amide bonds. The Morgan fingerprint density at radius 1 is 0.545 bits per heavy atom. The first kappa shape index (κ1) is 19.8. The van der Waals surface area contributed by atoms with E-state index in [0.29, 0.717) is 10.0 Å². The summed E-state index contributed by atoms with van der Waals surface area (Å²) in [6, 6.07) is 20.1. The van der Waals surface area contributed by atoms with Crippen LogP contribution in [0.5, 0.6) is 0 Å². The summed E-state index contributed by atoms with van der Waals surface area (Å²) in [7, 11) is 0. The van der Waals surface area contributed by atoms with Crippen molar-refractivity contribution in [1.29, 1.82) is 0 Å². The summed E-state index contributed by atoms with van der Waals surface area (Å²) in [5.41, 5.74) is 1.68. The number of allylic oxidation sites excluding steroid dienone is 4. The zero-order valence-corrected chi connectivity index (χ0v) is 18.5. The van der Waals surface area contributed by atoms with Crippen molar-refractivity contribution in [3.05, 3.63) is 128 Å². The minimum absolute atomic E-state index is 0.0740. The number of carbonyl (C=O) groups excluding carboxylic acids is 4. The fourth-order valence-corrected chi connectivity index (χ4v) is 5.25. The molecule has 2 aliphatic carbocycles. The third-order valence-corrected chi connectivity index (χ3v) is 6.94. The van der Waals surface area contributed by atoms with Crippen LogP contribution >= 0.6 is 15.9 Å². The van der Waals surface area contributed by atoms with E-state index in [0.717, 1.165) is 0 Å². The predicted molar refractivity (Wildman–Crippen MR) is 122 cm³/mol. The molecule has 3 aliphatic rings. The van der Waals surface area contributed by atoms with E-state index in [1.165, 1.54) is 0 Å². The molecule has 3 aromatic carbocycles. The van der Waals surface area contributed by atoms with Gasteiger partial charge in [0.15, 0.2) is 23.1 Å². The number of halogens is 1. The molecule has 5 nitrogen and oxygen atoms in total. The summed E-state index contributed by atoms with van der Waals surface area (Å²) in [6.45, 7) is 0. The van der Waals surface area contributed by atoms with Crippen molar-refractivity contribution in [3.63, 3.8) is 0 Å². The Morgan fingerprint density at radius 3 is 1.39 bits per heavy atom. The van der Waals surface area contributed by atoms with Crippen LogP contribution in [0.15, 0.2) is 99.9 Å². The minimum Gasteiger partial charge on any atom is -0.448 e. The van der Waals surface area contributed by atoms with Crippen molar-refractivity contribution >= 4 is 39.1 Å². The fraction of sp³-hybridized carbons (Fsp3) is 0.0370. The van der Waals surface area contributed by atoms with Crippen molar-refractivity contribution in [2.24, 2.45) is 0 Å². The highest BCUT2D eigenvalue weighted by Gasteiger charge is 2.49. The van der Waals surface area contributed by atoms with Crippen LogP contribution in [0, 0.1) is 0 Å². The van der Waals surface area contributed by atoms with Crippen molar-refractivity contribution in [3.8, 4) is 0 Å². The van der Waals surface area contributed by atoms with Crippen LogP contribution < -0.4 is 0 Å². The van der Waals surface area contributed by atoms with Gasteiger partial charge in [-0.05, 0) is 11.6 Å². The van der Waals surface area contributed by atoms with Gasteiger partial charge in [0.2, 0.25) is 11.6 Å². The van der Waals surface area contributed by atoms with E-state index in [4.69, 9.17) is 4.74 Å². The molecule has 0 atom stereocenters. The van der Waals surface area contributed by atoms with Crippen molar-refractivity contribution in [1.82, 2.24) is 0 Å². The van der Waals surface area contributed by atoms with Gasteiger partial charge in [0.25, 0.3) is 0 Å². The van der Waals surface area contributed by atoms with Crippen molar-refractivity contribution < 1.29 is 23.9 Å². The molecule has 0 fully saturated rings. The smallest absolute Gasteiger partial charge is 0.229 e. The molecule has 0 spiro atoms. The maximum absolute atomic E-state index is 13.7. The van der Waals surface area contributed by atoms with E-state index >= 15 is 0 Å². The second kappa shape index (κ2) is 7.05. The van der Waals surface area contributed by atoms with Gasteiger partial charge >= 0.3 is 0 Å². The average molecular weight is 497 g/mol. The number of Topliss-reactive ketones (excluding diaryl/α,β-unsaturated/α-hetero) is 4. The second-order valence-electron chi connectivity index (χ2n) is 7.95. The highest BCUT2D eigenvalue weighted by Crippen LogP contribution is 2.49. The van der Waals surface area contributed by atoms with Gasteiger partial charge in [-0.2, -0.15) is 0 Å². The molecule has 33 heavy (non-hydrogen) atoms. The molecule has 6 rings (SSSR count). The van der Waals surface area contributed by atoms with Gasteiger partial charge in [-0.3, -0.25) is 19.2 Å². The standard InChI is InChI=1S/C27H13BrO5/c28-18-12-6-5-11-17(18)19-20-22(29)13-7-1-3-9-15(13)24(31)26(20)33-27-21(19)23(30)14-8-2-4-10-16(14)25(27)32/h1-12,19H. The Kier molecular flexibility index (Phi) is 4.22. The summed E-state index contributed by atoms with van der Waals surface area (Å²) in [6.07, 6.45) is 0. The van der Waals surface area contributed by atoms with Crippen molar-refractivity contribution in [2.75, 3.05) is 0 Å². The molecule has 158 valence electrons. The highest BCUT2D eigenvalue weighted by atomic mass is 79.9. The summed E-state index contributed by atoms with van der Waals surface area (Å²) < 4.78 is 6.52. The summed E-state index contributed by atoms with van der Waals surface area (Å²) >= 11 is 3.52. The average Bonchev–Trinajstić information content (AvgIpc) is 2.85. The first-order valence-corrected chi connectivity index (χ1v) is 11.1. The van der Waals surface area contributed by atoms with Crippen LogP contribution in [0.2, 0.25) is 0 Å². The number of benzene rings is 3. The Balaban J connectivity index is 1.67. The number of hydrogen-bond donors (Lipinski definition) is 0. The molecule has 0 saturated carbocycles. The number of ketones is 4. The molecule has 0 aromatic heterocycles. The molecule has 0 saturated heterocycles. The predicted octanol–water partition coefficient (Wildman–Crippen LogP) is 5.23. The molecule has 0 N–H and O–H groups in total. The maximum Gasteiger partial charge on any atom is 0.229 e. The molecular formula is C27H13BrO5. The van der Waals surface area contributed by atoms with Crippen LogP contribution in [0.3, 0.4) is 0 Å². The Labute approximate surface area is 196 Å². The van der Waals surface area contributed by atoms with Crippen LogP contribution in [0.4, 0.5) is 0 Å². The Bertz CT molecular complexity index is 1430. The molecule has 1 heterocycles. The fourth-order valence-electron chi connectivity index (χ4n) is 4.74. The van der Waals surface area contributed by atoms with Crippen LogP contribution in [0.1, 0.15) is 52.9 Å². The molecule has 0 bridgehead atoms. The topological polar surface area (TPSA) is 77.5 Å². The second-order valence-corrected chi connectivity index (χ2v) is 8.80. The van der Waals surface area contributed by atoms with Gasteiger partial charge in [-0.1, -0.05) is 82.7 Å². The van der Waals surface area contributed by atoms with E-state index in [2.05, 4.69) is 15.9 Å². The third-order valence-electron chi connectivity index (χ3n) is 6.22. The summed E-state index contributed by atoms with van der Waals surface area (Å²) in [4.78, 5) is 54.2. The first-order valence-electron chi connectivity index (χ1n) is 10.3. The lowest BCUT2D eigenvalue weighted by Gasteiger charge is -2.35. The normalized spacial score (nSPS) is 17.4. The van der Waals surface area contributed by atoms with Gasteiger partial charge in [0.1, 0.15) is 0 Å². The van der Waals surface area contributed by atoms with Gasteiger partial charge < -0.3 is 4.74 Å². The van der Waals surface area contributed by atoms with E-state index in [1.54, 1.807) is 66.7 Å². The van der Waals surface area contributed by atoms with E-state index < -0.39 is 29.1 Å². The van der Waals surface area contributed by atoms with Crippen LogP contribution in [-0.4, -0.2) is 23.1 Å². The number of ether oxygens (including phenoxy) is 1. The SMILES string of the molecule is O=C1C2=C(C(=O)c3ccccc31)C(c1ccccc1Br)C1=C(O2)C(=O)c2ccccc2C1=O. The largest absolute Gasteiger partial charge is 0.448 e. The molecule has 0 unspecified atom stereocenters. The number of carbonyl (C=O) groups is 4. The zero-order valence-electron chi connectivity index (χ0n) is 16.9. The van der Waals surface area contributed by atoms with Crippen LogP contribution in [-0.2, 0) is 4.74 Å². The lowest BCUT2D eigenvalue weighted by atomic mass is 9.70. The van der Waals surface area contributed by atoms with Gasteiger partial charge in [0.05, 0.1) is 17.1 Å². The Hall–Kier alpha value is -3.90. The monoisotopic (exact) mass is 496 g/mol. The van der Waals surface area contributed by atoms with E-state index in [-0.39, 0.29) is 44.9 Å². The number of hydrogen-bond acceptors (Lipinski definition) is 5. The highest BCUT2D eigenvalue weighted by molar-refractivity contribution is 9.10. The molecule has 1 aliphatic heterocycles. The van der Waals surface area contributed by atoms with Gasteiger partial charge in [-0.25, -0.2) is 0 Å². The zero-order chi connectivity index (χ0) is 22.9. The Morgan fingerprint density at radius 2 is 0.939 bits per heavy atom. The summed E-state index contributed by atoms with van der Waals surface area (Å²) in [5, 5.41) is 0. The molecular weight excluding hydrogens is 484 g/mol. The van der Waals surface area contributed by atoms with E-state index in [1.807, 2.05) is 6.07 Å². The molecule has 6 heteroatoms. The quantitative estimate of drug-likeness (QED) is 0.460. The number of rotatable bonds is 1. The van der Waals surface area contributed by atoms with Gasteiger partial charge in [-0.15, -0.1) is 0 Å². The lowest BCUT2D eigenvalue weighted by molar-refractivity contribution is 0.0821. The molecule has 3 aromatic rings. The molecule has 0 radical (unpaired) electrons. The third kappa shape index (κ3) is 2.64. The van der Waals surface area contributed by atoms with E-state index in [9.17, 15) is 19.2 Å². The minimum atomic E-state index is -0.936. The lowest BCUT2D eigenvalue weighted by Crippen LogP contribution is -2.37. The van der Waals surface area contributed by atoms with Crippen LogP contribution in [0.25, 0.3) is 0 Å². The van der Waals surface area contributed by atoms with Crippen molar-refractivity contribution in [2.45, 2.75) is 5.92 Å². The number of fused-ring (bicyclic) bond motifs is 2. The summed E-state index contributed by atoms with van der Waals surface area (Å²) in [5.74, 6) is -3.09.